The van der Waals surface area contributed by atoms with Gasteiger partial charge in [-0.2, -0.15) is 11.3 Å². The molecule has 0 fully saturated rings. The number of hydrogen-bond acceptors (Lipinski definition) is 5. The highest BCUT2D eigenvalue weighted by atomic mass is 32.1. The van der Waals surface area contributed by atoms with Crippen molar-refractivity contribution < 1.29 is 19.1 Å². The minimum absolute atomic E-state index is 0.252. The van der Waals surface area contributed by atoms with Crippen LogP contribution in [0.25, 0.3) is 0 Å². The van der Waals surface area contributed by atoms with Crippen LogP contribution in [0.3, 0.4) is 0 Å². The van der Waals surface area contributed by atoms with E-state index in [1.54, 1.807) is 24.3 Å². The van der Waals surface area contributed by atoms with Gasteiger partial charge in [0.25, 0.3) is 5.91 Å². The van der Waals surface area contributed by atoms with Gasteiger partial charge in [0.2, 0.25) is 0 Å². The van der Waals surface area contributed by atoms with E-state index in [0.29, 0.717) is 17.9 Å². The van der Waals surface area contributed by atoms with Crippen LogP contribution in [-0.2, 0) is 20.7 Å². The van der Waals surface area contributed by atoms with Gasteiger partial charge in [-0.1, -0.05) is 6.07 Å². The van der Waals surface area contributed by atoms with Crippen molar-refractivity contribution in [3.63, 3.8) is 0 Å². The lowest BCUT2D eigenvalue weighted by molar-refractivity contribution is -0.153. The molecule has 1 aromatic carbocycles. The summed E-state index contributed by atoms with van der Waals surface area (Å²) in [6.45, 7) is 3.48. The van der Waals surface area contributed by atoms with Crippen LogP contribution >= 0.6 is 11.3 Å². The fraction of sp³-hybridized carbons (Fsp3) is 0.333. The van der Waals surface area contributed by atoms with Crippen molar-refractivity contribution in [2.24, 2.45) is 0 Å². The molecular weight excluding hydrogens is 326 g/mol. The second-order valence-electron chi connectivity index (χ2n) is 5.46. The molecule has 6 heteroatoms. The predicted octanol–water partition coefficient (Wildman–Crippen LogP) is 3.57. The molecule has 0 aliphatic carbocycles. The third kappa shape index (κ3) is 5.09. The zero-order valence-electron chi connectivity index (χ0n) is 14.0. The van der Waals surface area contributed by atoms with Gasteiger partial charge in [-0.3, -0.25) is 9.59 Å². The second-order valence-corrected chi connectivity index (χ2v) is 6.24. The number of carbonyl (C=O) groups excluding carboxylic acids is 2. The summed E-state index contributed by atoms with van der Waals surface area (Å²) in [6.07, 6.45) is -0.00462. The number of anilines is 1. The van der Waals surface area contributed by atoms with E-state index in [0.717, 1.165) is 11.1 Å². The fourth-order valence-electron chi connectivity index (χ4n) is 2.14. The van der Waals surface area contributed by atoms with E-state index in [9.17, 15) is 9.59 Å². The standard InChI is InChI=1S/C18H21NO4S/c1-12-4-6-16(22-3)15(10-12)19-18(21)13(2)23-17(20)7-5-14-8-9-24-11-14/h4,6,8-11,13H,5,7H2,1-3H3,(H,19,21)/t13-/m1/s1. The van der Waals surface area contributed by atoms with Gasteiger partial charge in [-0.25, -0.2) is 0 Å². The van der Waals surface area contributed by atoms with Crippen molar-refractivity contribution in [1.82, 2.24) is 0 Å². The zero-order valence-corrected chi connectivity index (χ0v) is 14.8. The molecule has 1 heterocycles. The van der Waals surface area contributed by atoms with E-state index >= 15 is 0 Å². The highest BCUT2D eigenvalue weighted by Crippen LogP contribution is 2.25. The largest absolute Gasteiger partial charge is 0.495 e. The number of hydrogen-bond donors (Lipinski definition) is 1. The Hall–Kier alpha value is -2.34. The number of rotatable bonds is 7. The molecule has 128 valence electrons. The number of esters is 1. The topological polar surface area (TPSA) is 64.6 Å². The van der Waals surface area contributed by atoms with Gasteiger partial charge in [0.05, 0.1) is 12.8 Å². The normalized spacial score (nSPS) is 11.6. The Kier molecular flexibility index (Phi) is 6.37. The molecule has 0 unspecified atom stereocenters. The molecule has 0 spiro atoms. The minimum Gasteiger partial charge on any atom is -0.495 e. The predicted molar refractivity (Wildman–Crippen MR) is 94.6 cm³/mol. The van der Waals surface area contributed by atoms with Crippen LogP contribution in [0.4, 0.5) is 5.69 Å². The number of carbonyl (C=O) groups is 2. The molecule has 0 radical (unpaired) electrons. The van der Waals surface area contributed by atoms with Crippen LogP contribution < -0.4 is 10.1 Å². The van der Waals surface area contributed by atoms with Gasteiger partial charge in [-0.05, 0) is 60.4 Å². The van der Waals surface area contributed by atoms with E-state index in [1.807, 2.05) is 35.9 Å². The second kappa shape index (κ2) is 8.49. The van der Waals surface area contributed by atoms with E-state index in [-0.39, 0.29) is 18.3 Å². The van der Waals surface area contributed by atoms with Crippen molar-refractivity contribution in [1.29, 1.82) is 0 Å². The molecule has 1 aromatic heterocycles. The molecule has 2 aromatic rings. The number of ether oxygens (including phenoxy) is 2. The first kappa shape index (κ1) is 18.0. The fourth-order valence-corrected chi connectivity index (χ4v) is 2.85. The van der Waals surface area contributed by atoms with Gasteiger partial charge in [0.15, 0.2) is 6.10 Å². The molecule has 5 nitrogen and oxygen atoms in total. The van der Waals surface area contributed by atoms with Gasteiger partial charge < -0.3 is 14.8 Å². The van der Waals surface area contributed by atoms with Gasteiger partial charge in [0, 0.05) is 6.42 Å². The maximum absolute atomic E-state index is 12.2. The monoisotopic (exact) mass is 347 g/mol. The summed E-state index contributed by atoms with van der Waals surface area (Å²) in [5.41, 5.74) is 2.65. The molecular formula is C18H21NO4S. The Morgan fingerprint density at radius 3 is 2.75 bits per heavy atom. The summed E-state index contributed by atoms with van der Waals surface area (Å²) < 4.78 is 10.4. The lowest BCUT2D eigenvalue weighted by Crippen LogP contribution is -2.30. The molecule has 0 saturated carbocycles. The average molecular weight is 347 g/mol. The van der Waals surface area contributed by atoms with Crippen molar-refractivity contribution in [3.05, 3.63) is 46.2 Å². The summed E-state index contributed by atoms with van der Waals surface area (Å²) in [5, 5.41) is 6.70. The Morgan fingerprint density at radius 2 is 2.08 bits per heavy atom. The lowest BCUT2D eigenvalue weighted by Gasteiger charge is -2.15. The average Bonchev–Trinajstić information content (AvgIpc) is 3.06. The molecule has 1 N–H and O–H groups in total. The summed E-state index contributed by atoms with van der Waals surface area (Å²) in [7, 11) is 1.54. The Bertz CT molecular complexity index is 697. The zero-order chi connectivity index (χ0) is 17.5. The maximum Gasteiger partial charge on any atom is 0.306 e. The maximum atomic E-state index is 12.2. The van der Waals surface area contributed by atoms with E-state index in [4.69, 9.17) is 9.47 Å². The first-order chi connectivity index (χ1) is 11.5. The number of thiophene rings is 1. The van der Waals surface area contributed by atoms with Crippen LogP contribution in [-0.4, -0.2) is 25.1 Å². The highest BCUT2D eigenvalue weighted by Gasteiger charge is 2.19. The third-order valence-electron chi connectivity index (χ3n) is 3.49. The van der Waals surface area contributed by atoms with E-state index < -0.39 is 6.10 Å². The Morgan fingerprint density at radius 1 is 1.29 bits per heavy atom. The molecule has 0 bridgehead atoms. The van der Waals surface area contributed by atoms with Crippen LogP contribution in [0.2, 0.25) is 0 Å². The van der Waals surface area contributed by atoms with Gasteiger partial charge in [-0.15, -0.1) is 0 Å². The van der Waals surface area contributed by atoms with E-state index in [1.165, 1.54) is 7.11 Å². The number of nitrogens with one attached hydrogen (secondary N) is 1. The van der Waals surface area contributed by atoms with Crippen LogP contribution in [0.1, 0.15) is 24.5 Å². The Balaban J connectivity index is 1.87. The van der Waals surface area contributed by atoms with Crippen molar-refractivity contribution in [3.8, 4) is 5.75 Å². The molecule has 1 atom stereocenters. The smallest absolute Gasteiger partial charge is 0.306 e. The van der Waals surface area contributed by atoms with Crippen molar-refractivity contribution >= 4 is 28.9 Å². The third-order valence-corrected chi connectivity index (χ3v) is 4.22. The van der Waals surface area contributed by atoms with Crippen LogP contribution in [0, 0.1) is 6.92 Å². The highest BCUT2D eigenvalue weighted by molar-refractivity contribution is 7.07. The first-order valence-electron chi connectivity index (χ1n) is 7.65. The summed E-state index contributed by atoms with van der Waals surface area (Å²) >= 11 is 1.59. The summed E-state index contributed by atoms with van der Waals surface area (Å²) in [6, 6.07) is 7.45. The quantitative estimate of drug-likeness (QED) is 0.778. The van der Waals surface area contributed by atoms with Gasteiger partial charge in [0.1, 0.15) is 5.75 Å². The summed E-state index contributed by atoms with van der Waals surface area (Å²) in [5.74, 6) is -0.215. The SMILES string of the molecule is COc1ccc(C)cc1NC(=O)[C@@H](C)OC(=O)CCc1ccsc1. The first-order valence-corrected chi connectivity index (χ1v) is 8.60. The summed E-state index contributed by atoms with van der Waals surface area (Å²) in [4.78, 5) is 24.1. The minimum atomic E-state index is -0.870. The van der Waals surface area contributed by atoms with Gasteiger partial charge >= 0.3 is 5.97 Å². The van der Waals surface area contributed by atoms with E-state index in [2.05, 4.69) is 5.32 Å². The molecule has 0 aliphatic rings. The molecule has 2 rings (SSSR count). The number of aryl methyl sites for hydroxylation is 2. The lowest BCUT2D eigenvalue weighted by atomic mass is 10.2. The van der Waals surface area contributed by atoms with Crippen molar-refractivity contribution in [2.45, 2.75) is 32.8 Å². The molecule has 0 saturated heterocycles. The number of amides is 1. The van der Waals surface area contributed by atoms with Crippen LogP contribution in [0.5, 0.6) is 5.75 Å². The number of benzene rings is 1. The van der Waals surface area contributed by atoms with Crippen molar-refractivity contribution in [2.75, 3.05) is 12.4 Å². The Labute approximate surface area is 145 Å². The molecule has 1 amide bonds. The number of methoxy groups -OCH3 is 1. The van der Waals surface area contributed by atoms with Crippen LogP contribution in [0.15, 0.2) is 35.0 Å². The molecule has 24 heavy (non-hydrogen) atoms. The molecule has 0 aliphatic heterocycles.